The topological polar surface area (TPSA) is 55.0 Å². The zero-order valence-electron chi connectivity index (χ0n) is 9.72. The molecule has 0 unspecified atom stereocenters. The van der Waals surface area contributed by atoms with Crippen LogP contribution in [-0.2, 0) is 6.61 Å². The van der Waals surface area contributed by atoms with E-state index in [-0.39, 0.29) is 12.2 Å². The average Bonchev–Trinajstić information content (AvgIpc) is 2.87. The summed E-state index contributed by atoms with van der Waals surface area (Å²) in [6, 6.07) is 8.85. The molecular weight excluding hydrogens is 284 g/mol. The summed E-state index contributed by atoms with van der Waals surface area (Å²) in [5, 5.41) is 2.50. The molecule has 0 saturated carbocycles. The first-order valence-electron chi connectivity index (χ1n) is 5.57. The van der Waals surface area contributed by atoms with Gasteiger partial charge in [0.1, 0.15) is 22.9 Å². The van der Waals surface area contributed by atoms with Crippen LogP contribution in [0.2, 0.25) is 5.02 Å². The Morgan fingerprint density at radius 1 is 1.26 bits per heavy atom. The summed E-state index contributed by atoms with van der Waals surface area (Å²) >= 11 is 7.17. The van der Waals surface area contributed by atoms with Crippen LogP contribution in [0.15, 0.2) is 40.5 Å². The molecule has 3 rings (SSSR count). The lowest BCUT2D eigenvalue weighted by Crippen LogP contribution is -2.12. The molecule has 0 bridgehead atoms. The lowest BCUT2D eigenvalue weighted by atomic mass is 10.3. The maximum absolute atomic E-state index is 11.8. The summed E-state index contributed by atoms with van der Waals surface area (Å²) in [6.07, 6.45) is 0. The molecule has 1 N–H and O–H groups in total. The molecule has 19 heavy (non-hydrogen) atoms. The van der Waals surface area contributed by atoms with Gasteiger partial charge in [0.05, 0.1) is 5.52 Å². The number of aromatic amines is 1. The van der Waals surface area contributed by atoms with Gasteiger partial charge in [0.2, 0.25) is 0 Å². The third-order valence-electron chi connectivity index (χ3n) is 2.55. The van der Waals surface area contributed by atoms with Crippen LogP contribution < -0.4 is 10.3 Å². The van der Waals surface area contributed by atoms with E-state index in [0.717, 1.165) is 0 Å². The highest BCUT2D eigenvalue weighted by atomic mass is 35.5. The third kappa shape index (κ3) is 2.62. The fraction of sp³-hybridized carbons (Fsp3) is 0.0769. The van der Waals surface area contributed by atoms with E-state index in [1.165, 1.54) is 11.3 Å². The Hall–Kier alpha value is -1.85. The molecule has 96 valence electrons. The lowest BCUT2D eigenvalue weighted by molar-refractivity contribution is 0.296. The quantitative estimate of drug-likeness (QED) is 0.806. The number of fused-ring (bicyclic) bond motifs is 1. The molecule has 0 aliphatic carbocycles. The van der Waals surface area contributed by atoms with Gasteiger partial charge in [-0.1, -0.05) is 11.6 Å². The first kappa shape index (κ1) is 12.2. The van der Waals surface area contributed by atoms with E-state index in [4.69, 9.17) is 16.3 Å². The Bertz CT molecular complexity index is 764. The number of hydrogen-bond acceptors (Lipinski definition) is 4. The second kappa shape index (κ2) is 5.03. The molecule has 0 radical (unpaired) electrons. The Balaban J connectivity index is 1.81. The Morgan fingerprint density at radius 3 is 2.84 bits per heavy atom. The number of hydrogen-bond donors (Lipinski definition) is 1. The van der Waals surface area contributed by atoms with Gasteiger partial charge in [0.15, 0.2) is 0 Å². The van der Waals surface area contributed by atoms with E-state index in [0.29, 0.717) is 26.8 Å². The lowest BCUT2D eigenvalue weighted by Gasteiger charge is -2.05. The first-order valence-corrected chi connectivity index (χ1v) is 6.83. The Kier molecular flexibility index (Phi) is 3.23. The number of thiophene rings is 1. The normalized spacial score (nSPS) is 10.8. The predicted octanol–water partition coefficient (Wildman–Crippen LogP) is 3.22. The van der Waals surface area contributed by atoms with E-state index in [1.54, 1.807) is 24.3 Å². The standard InChI is InChI=1S/C13H9ClN2O2S/c14-8-1-3-9(4-2-8)18-7-11-15-10-5-6-19-12(10)13(17)16-11/h1-6H,7H2,(H,15,16,17). The minimum atomic E-state index is -0.130. The summed E-state index contributed by atoms with van der Waals surface area (Å²) in [7, 11) is 0. The summed E-state index contributed by atoms with van der Waals surface area (Å²) in [5.74, 6) is 1.18. The Morgan fingerprint density at radius 2 is 2.05 bits per heavy atom. The molecule has 2 aromatic heterocycles. The van der Waals surface area contributed by atoms with Crippen LogP contribution in [0.5, 0.6) is 5.75 Å². The number of aromatic nitrogens is 2. The molecular formula is C13H9ClN2O2S. The largest absolute Gasteiger partial charge is 0.486 e. The molecule has 3 aromatic rings. The van der Waals surface area contributed by atoms with Gasteiger partial charge in [0.25, 0.3) is 5.56 Å². The van der Waals surface area contributed by atoms with Gasteiger partial charge in [-0.25, -0.2) is 4.98 Å². The molecule has 0 saturated heterocycles. The maximum Gasteiger partial charge on any atom is 0.268 e. The van der Waals surface area contributed by atoms with E-state index < -0.39 is 0 Å². The van der Waals surface area contributed by atoms with Crippen molar-refractivity contribution in [1.29, 1.82) is 0 Å². The van der Waals surface area contributed by atoms with E-state index in [9.17, 15) is 4.79 Å². The first-order chi connectivity index (χ1) is 9.22. The van der Waals surface area contributed by atoms with Crippen LogP contribution in [0, 0.1) is 0 Å². The molecule has 0 aliphatic rings. The highest BCUT2D eigenvalue weighted by Crippen LogP contribution is 2.17. The van der Waals surface area contributed by atoms with E-state index in [1.807, 2.05) is 11.4 Å². The average molecular weight is 293 g/mol. The predicted molar refractivity (Wildman–Crippen MR) is 76.0 cm³/mol. The van der Waals surface area contributed by atoms with Crippen LogP contribution in [0.25, 0.3) is 10.2 Å². The molecule has 2 heterocycles. The maximum atomic E-state index is 11.8. The zero-order chi connectivity index (χ0) is 13.2. The van der Waals surface area contributed by atoms with E-state index in [2.05, 4.69) is 9.97 Å². The summed E-state index contributed by atoms with van der Waals surface area (Å²) in [4.78, 5) is 18.8. The number of benzene rings is 1. The van der Waals surface area contributed by atoms with Crippen molar-refractivity contribution in [2.24, 2.45) is 0 Å². The van der Waals surface area contributed by atoms with Crippen LogP contribution >= 0.6 is 22.9 Å². The monoisotopic (exact) mass is 292 g/mol. The highest BCUT2D eigenvalue weighted by Gasteiger charge is 2.05. The van der Waals surface area contributed by atoms with Crippen LogP contribution in [0.3, 0.4) is 0 Å². The van der Waals surface area contributed by atoms with Crippen molar-refractivity contribution >= 4 is 33.2 Å². The van der Waals surface area contributed by atoms with Crippen molar-refractivity contribution in [2.45, 2.75) is 6.61 Å². The third-order valence-corrected chi connectivity index (χ3v) is 3.71. The number of nitrogens with zero attached hydrogens (tertiary/aromatic N) is 1. The Labute approximate surface area is 117 Å². The molecule has 0 fully saturated rings. The number of H-pyrrole nitrogens is 1. The zero-order valence-corrected chi connectivity index (χ0v) is 11.3. The fourth-order valence-corrected chi connectivity index (χ4v) is 2.52. The van der Waals surface area contributed by atoms with Crippen LogP contribution in [0.1, 0.15) is 5.82 Å². The van der Waals surface area contributed by atoms with Gasteiger partial charge in [-0.2, -0.15) is 0 Å². The van der Waals surface area contributed by atoms with Crippen molar-refractivity contribution in [2.75, 3.05) is 0 Å². The molecule has 0 atom stereocenters. The fourth-order valence-electron chi connectivity index (χ4n) is 1.67. The molecule has 0 aliphatic heterocycles. The number of ether oxygens (including phenoxy) is 1. The van der Waals surface area contributed by atoms with Gasteiger partial charge >= 0.3 is 0 Å². The second-order valence-corrected chi connectivity index (χ2v) is 5.24. The van der Waals surface area contributed by atoms with Crippen molar-refractivity contribution in [3.8, 4) is 5.75 Å². The SMILES string of the molecule is O=c1[nH]c(COc2ccc(Cl)cc2)nc2ccsc12. The molecule has 1 aromatic carbocycles. The van der Waals surface area contributed by atoms with Crippen LogP contribution in [-0.4, -0.2) is 9.97 Å². The summed E-state index contributed by atoms with van der Waals surface area (Å²) < 4.78 is 6.17. The van der Waals surface area contributed by atoms with Crippen molar-refractivity contribution < 1.29 is 4.74 Å². The van der Waals surface area contributed by atoms with Gasteiger partial charge in [-0.3, -0.25) is 4.79 Å². The minimum Gasteiger partial charge on any atom is -0.486 e. The smallest absolute Gasteiger partial charge is 0.268 e. The van der Waals surface area contributed by atoms with Gasteiger partial charge in [-0.05, 0) is 35.7 Å². The van der Waals surface area contributed by atoms with Gasteiger partial charge in [0, 0.05) is 5.02 Å². The minimum absolute atomic E-state index is 0.130. The molecule has 4 nitrogen and oxygen atoms in total. The van der Waals surface area contributed by atoms with E-state index >= 15 is 0 Å². The van der Waals surface area contributed by atoms with Crippen molar-refractivity contribution in [3.63, 3.8) is 0 Å². The summed E-state index contributed by atoms with van der Waals surface area (Å²) in [5.41, 5.74) is 0.568. The molecule has 0 spiro atoms. The highest BCUT2D eigenvalue weighted by molar-refractivity contribution is 7.17. The summed E-state index contributed by atoms with van der Waals surface area (Å²) in [6.45, 7) is 0.211. The number of nitrogens with one attached hydrogen (secondary N) is 1. The van der Waals surface area contributed by atoms with Gasteiger partial charge < -0.3 is 9.72 Å². The van der Waals surface area contributed by atoms with Crippen molar-refractivity contribution in [3.05, 3.63) is 56.9 Å². The molecule has 6 heteroatoms. The van der Waals surface area contributed by atoms with Crippen LogP contribution in [0.4, 0.5) is 0 Å². The van der Waals surface area contributed by atoms with Crippen molar-refractivity contribution in [1.82, 2.24) is 9.97 Å². The number of halogens is 1. The second-order valence-electron chi connectivity index (χ2n) is 3.89. The number of rotatable bonds is 3. The van der Waals surface area contributed by atoms with Gasteiger partial charge in [-0.15, -0.1) is 11.3 Å². The molecule has 0 amide bonds.